The zero-order chi connectivity index (χ0) is 7.98. The van der Waals surface area contributed by atoms with Crippen molar-refractivity contribution in [2.45, 2.75) is 6.29 Å². The highest BCUT2D eigenvalue weighted by molar-refractivity contribution is 5.73. The fraction of sp³-hybridized carbons (Fsp3) is 0.667. The van der Waals surface area contributed by atoms with Crippen LogP contribution in [-0.2, 0) is 0 Å². The summed E-state index contributed by atoms with van der Waals surface area (Å²) in [5, 5.41) is 24.5. The third kappa shape index (κ3) is 4.94. The molecule has 0 radical (unpaired) electrons. The number of urea groups is 1. The molecule has 0 aromatic heterocycles. The van der Waals surface area contributed by atoms with Gasteiger partial charge in [-0.2, -0.15) is 10.6 Å². The monoisotopic (exact) mass is 146 g/mol. The van der Waals surface area contributed by atoms with E-state index in [0.29, 0.717) is 0 Å². The Morgan fingerprint density at radius 1 is 1.60 bits per heavy atom. The predicted molar refractivity (Wildman–Crippen MR) is 28.5 cm³/mol. The summed E-state index contributed by atoms with van der Waals surface area (Å²) >= 11 is 0. The van der Waals surface area contributed by atoms with Gasteiger partial charge in [-0.05, 0) is 0 Å². The van der Waals surface area contributed by atoms with Crippen molar-refractivity contribution in [3.8, 4) is 0 Å². The standard InChI is InChI=1S/C3H6N4O3/c4-6-3(10)7-5-1-2(8)9/h2,4,8-9H,1H2. The van der Waals surface area contributed by atoms with Crippen LogP contribution in [0.2, 0.25) is 0 Å². The van der Waals surface area contributed by atoms with Crippen molar-refractivity contribution >= 4 is 6.03 Å². The minimum absolute atomic E-state index is 0.388. The molecule has 0 rings (SSSR count). The first-order valence-corrected chi connectivity index (χ1v) is 2.32. The maximum atomic E-state index is 10.0. The van der Waals surface area contributed by atoms with E-state index < -0.39 is 12.3 Å². The second kappa shape index (κ2) is 4.65. The van der Waals surface area contributed by atoms with Crippen molar-refractivity contribution in [3.05, 3.63) is 0 Å². The largest absolute Gasteiger partial charge is 0.403 e. The first kappa shape index (κ1) is 8.79. The lowest BCUT2D eigenvalue weighted by Crippen LogP contribution is -2.07. The van der Waals surface area contributed by atoms with Gasteiger partial charge in [0.15, 0.2) is 6.29 Å². The van der Waals surface area contributed by atoms with E-state index in [1.807, 2.05) is 0 Å². The number of hydrogen-bond acceptors (Lipinski definition) is 5. The SMILES string of the molecule is N=NC(=O)N=NCC(O)O. The van der Waals surface area contributed by atoms with Crippen LogP contribution in [0.15, 0.2) is 15.3 Å². The van der Waals surface area contributed by atoms with Crippen LogP contribution in [0.4, 0.5) is 4.79 Å². The number of carbonyl (C=O) groups excluding carboxylic acids is 1. The van der Waals surface area contributed by atoms with Crippen LogP contribution in [0.3, 0.4) is 0 Å². The second-order valence-corrected chi connectivity index (χ2v) is 1.30. The predicted octanol–water partition coefficient (Wildman–Crippen LogP) is -0.0997. The van der Waals surface area contributed by atoms with Crippen molar-refractivity contribution in [3.63, 3.8) is 0 Å². The highest BCUT2D eigenvalue weighted by Gasteiger charge is 1.94. The number of carbonyl (C=O) groups is 1. The molecular weight excluding hydrogens is 140 g/mol. The molecule has 0 saturated carbocycles. The maximum absolute atomic E-state index is 10.0. The van der Waals surface area contributed by atoms with Crippen LogP contribution in [-0.4, -0.2) is 29.1 Å². The Balaban J connectivity index is 3.55. The first-order valence-electron chi connectivity index (χ1n) is 2.32. The van der Waals surface area contributed by atoms with Crippen molar-refractivity contribution in [2.24, 2.45) is 15.3 Å². The Morgan fingerprint density at radius 3 is 2.60 bits per heavy atom. The molecule has 0 spiro atoms. The van der Waals surface area contributed by atoms with Crippen LogP contribution in [0, 0.1) is 5.53 Å². The van der Waals surface area contributed by atoms with Crippen LogP contribution >= 0.6 is 0 Å². The molecule has 0 fully saturated rings. The zero-order valence-electron chi connectivity index (χ0n) is 4.93. The molecule has 7 nitrogen and oxygen atoms in total. The number of azo groups is 1. The Hall–Kier alpha value is -1.21. The molecule has 56 valence electrons. The van der Waals surface area contributed by atoms with E-state index in [1.165, 1.54) is 0 Å². The van der Waals surface area contributed by atoms with Gasteiger partial charge in [0.05, 0.1) is 0 Å². The molecule has 0 aliphatic rings. The molecule has 0 heterocycles. The van der Waals surface area contributed by atoms with Crippen molar-refractivity contribution in [1.82, 2.24) is 0 Å². The highest BCUT2D eigenvalue weighted by atomic mass is 16.5. The maximum Gasteiger partial charge on any atom is 0.403 e. The van der Waals surface area contributed by atoms with Gasteiger partial charge in [-0.15, -0.1) is 0 Å². The molecule has 0 atom stereocenters. The van der Waals surface area contributed by atoms with Gasteiger partial charge in [-0.1, -0.05) is 10.2 Å². The Kier molecular flexibility index (Phi) is 4.09. The van der Waals surface area contributed by atoms with Crippen molar-refractivity contribution in [1.29, 1.82) is 5.53 Å². The number of aliphatic hydroxyl groups is 2. The first-order chi connectivity index (χ1) is 4.66. The molecule has 0 aromatic rings. The van der Waals surface area contributed by atoms with Gasteiger partial charge in [-0.3, -0.25) is 0 Å². The average Bonchev–Trinajstić information content (AvgIpc) is 1.87. The summed E-state index contributed by atoms with van der Waals surface area (Å²) in [7, 11) is 0. The Bertz CT molecular complexity index is 154. The summed E-state index contributed by atoms with van der Waals surface area (Å²) in [4.78, 5) is 10.0. The molecule has 10 heavy (non-hydrogen) atoms. The fourth-order valence-electron chi connectivity index (χ4n) is 0.197. The summed E-state index contributed by atoms with van der Waals surface area (Å²) < 4.78 is 0. The smallest absolute Gasteiger partial charge is 0.366 e. The zero-order valence-corrected chi connectivity index (χ0v) is 4.93. The van der Waals surface area contributed by atoms with Gasteiger partial charge in [0.2, 0.25) is 0 Å². The van der Waals surface area contributed by atoms with E-state index in [2.05, 4.69) is 15.3 Å². The molecule has 0 saturated heterocycles. The lowest BCUT2D eigenvalue weighted by atomic mass is 10.7. The number of aliphatic hydroxyl groups excluding tert-OH is 1. The van der Waals surface area contributed by atoms with Gasteiger partial charge >= 0.3 is 6.03 Å². The van der Waals surface area contributed by atoms with E-state index in [4.69, 9.17) is 15.7 Å². The van der Waals surface area contributed by atoms with Crippen molar-refractivity contribution < 1.29 is 15.0 Å². The van der Waals surface area contributed by atoms with Crippen molar-refractivity contribution in [2.75, 3.05) is 6.54 Å². The molecule has 7 heteroatoms. The second-order valence-electron chi connectivity index (χ2n) is 1.30. The molecule has 0 aromatic carbocycles. The minimum atomic E-state index is -1.62. The molecule has 2 amide bonds. The summed E-state index contributed by atoms with van der Waals surface area (Å²) in [6.07, 6.45) is -1.62. The highest BCUT2D eigenvalue weighted by Crippen LogP contribution is 1.84. The molecule has 0 aliphatic carbocycles. The molecule has 0 unspecified atom stereocenters. The summed E-state index contributed by atoms with van der Waals surface area (Å²) in [6, 6.07) is -1.07. The van der Waals surface area contributed by atoms with E-state index in [9.17, 15) is 4.79 Å². The molecule has 3 N–H and O–H groups in total. The number of hydrogen-bond donors (Lipinski definition) is 3. The quantitative estimate of drug-likeness (QED) is 0.372. The minimum Gasteiger partial charge on any atom is -0.366 e. The summed E-state index contributed by atoms with van der Waals surface area (Å²) in [6.45, 7) is -0.388. The third-order valence-corrected chi connectivity index (χ3v) is 0.497. The van der Waals surface area contributed by atoms with E-state index in [0.717, 1.165) is 0 Å². The summed E-state index contributed by atoms with van der Waals surface area (Å²) in [5.74, 6) is 0. The van der Waals surface area contributed by atoms with Gasteiger partial charge in [0, 0.05) is 0 Å². The van der Waals surface area contributed by atoms with Gasteiger partial charge in [0.1, 0.15) is 6.54 Å². The Labute approximate surface area is 55.9 Å². The number of amides is 2. The normalized spacial score (nSPS) is 10.7. The number of rotatable bonds is 2. The van der Waals surface area contributed by atoms with E-state index in [1.54, 1.807) is 0 Å². The van der Waals surface area contributed by atoms with Gasteiger partial charge in [0.25, 0.3) is 0 Å². The lowest BCUT2D eigenvalue weighted by Gasteiger charge is -1.92. The average molecular weight is 146 g/mol. The fourth-order valence-corrected chi connectivity index (χ4v) is 0.197. The molecule has 0 aliphatic heterocycles. The van der Waals surface area contributed by atoms with E-state index >= 15 is 0 Å². The van der Waals surface area contributed by atoms with Crippen LogP contribution in [0.25, 0.3) is 0 Å². The van der Waals surface area contributed by atoms with Crippen LogP contribution < -0.4 is 0 Å². The summed E-state index contributed by atoms with van der Waals surface area (Å²) in [5.41, 5.74) is 6.09. The number of nitrogens with one attached hydrogen (secondary N) is 1. The van der Waals surface area contributed by atoms with Crippen LogP contribution in [0.1, 0.15) is 0 Å². The number of nitrogens with zero attached hydrogens (tertiary/aromatic N) is 3. The van der Waals surface area contributed by atoms with Crippen LogP contribution in [0.5, 0.6) is 0 Å². The molecule has 0 bridgehead atoms. The lowest BCUT2D eigenvalue weighted by molar-refractivity contribution is -0.0314. The molecular formula is C3H6N4O3. The third-order valence-electron chi connectivity index (χ3n) is 0.497. The van der Waals surface area contributed by atoms with E-state index in [-0.39, 0.29) is 6.54 Å². The Morgan fingerprint density at radius 2 is 2.20 bits per heavy atom. The topological polar surface area (TPSA) is 118 Å². The van der Waals surface area contributed by atoms with Gasteiger partial charge < -0.3 is 10.2 Å². The van der Waals surface area contributed by atoms with Gasteiger partial charge in [-0.25, -0.2) is 4.79 Å².